The fraction of sp³-hybridized carbons (Fsp3) is 0.333. The van der Waals surface area contributed by atoms with E-state index in [2.05, 4.69) is 51.1 Å². The summed E-state index contributed by atoms with van der Waals surface area (Å²) in [6, 6.07) is 10.2. The van der Waals surface area contributed by atoms with Crippen LogP contribution in [0.3, 0.4) is 0 Å². The monoisotopic (exact) mass is 351 g/mol. The molecule has 0 aliphatic rings. The van der Waals surface area contributed by atoms with Crippen LogP contribution in [0.25, 0.3) is 0 Å². The normalized spacial score (nSPS) is 10.6. The van der Waals surface area contributed by atoms with Crippen molar-refractivity contribution in [2.24, 2.45) is 0 Å². The number of halogens is 1. The second-order valence-electron chi connectivity index (χ2n) is 4.32. The topological polar surface area (TPSA) is 37.8 Å². The van der Waals surface area contributed by atoms with Gasteiger partial charge in [0.15, 0.2) is 0 Å². The van der Waals surface area contributed by atoms with Crippen LogP contribution in [0.15, 0.2) is 44.7 Å². The van der Waals surface area contributed by atoms with E-state index in [0.29, 0.717) is 0 Å². The van der Waals surface area contributed by atoms with Gasteiger partial charge in [0.25, 0.3) is 0 Å². The minimum atomic E-state index is 0.863. The van der Waals surface area contributed by atoms with Crippen molar-refractivity contribution in [3.05, 3.63) is 40.6 Å². The molecule has 0 bridgehead atoms. The predicted octanol–water partition coefficient (Wildman–Crippen LogP) is 4.77. The molecule has 0 aliphatic carbocycles. The van der Waals surface area contributed by atoms with Gasteiger partial charge in [-0.2, -0.15) is 0 Å². The Kier molecular flexibility index (Phi) is 5.86. The second kappa shape index (κ2) is 7.64. The molecule has 3 nitrogen and oxygen atoms in total. The van der Waals surface area contributed by atoms with E-state index in [9.17, 15) is 0 Å². The molecule has 2 rings (SSSR count). The predicted molar refractivity (Wildman–Crippen MR) is 88.5 cm³/mol. The van der Waals surface area contributed by atoms with Gasteiger partial charge in [-0.1, -0.05) is 30.8 Å². The number of hydrogen-bond acceptors (Lipinski definition) is 4. The Labute approximate surface area is 132 Å². The second-order valence-corrected chi connectivity index (χ2v) is 6.24. The lowest BCUT2D eigenvalue weighted by atomic mass is 10.3. The lowest BCUT2D eigenvalue weighted by Crippen LogP contribution is -2.04. The number of nitrogens with zero attached hydrogens (tertiary/aromatic N) is 2. The summed E-state index contributed by atoms with van der Waals surface area (Å²) < 4.78 is 1.09. The molecule has 2 aromatic rings. The highest BCUT2D eigenvalue weighted by Crippen LogP contribution is 2.33. The first-order valence-corrected chi connectivity index (χ1v) is 8.38. The molecule has 0 aliphatic heterocycles. The fourth-order valence-electron chi connectivity index (χ4n) is 1.77. The van der Waals surface area contributed by atoms with Crippen molar-refractivity contribution < 1.29 is 0 Å². The number of benzene rings is 1. The molecule has 20 heavy (non-hydrogen) atoms. The zero-order valence-electron chi connectivity index (χ0n) is 11.7. The quantitative estimate of drug-likeness (QED) is 0.760. The van der Waals surface area contributed by atoms with E-state index in [1.807, 2.05) is 24.3 Å². The minimum absolute atomic E-state index is 0.863. The molecule has 1 heterocycles. The number of aryl methyl sites for hydroxylation is 1. The molecule has 1 aromatic heterocycles. The van der Waals surface area contributed by atoms with Crippen LogP contribution < -0.4 is 5.32 Å². The summed E-state index contributed by atoms with van der Waals surface area (Å²) in [5.74, 6) is 1.81. The van der Waals surface area contributed by atoms with Gasteiger partial charge in [-0.15, -0.1) is 0 Å². The van der Waals surface area contributed by atoms with Gasteiger partial charge in [0.2, 0.25) is 0 Å². The van der Waals surface area contributed by atoms with Gasteiger partial charge < -0.3 is 5.32 Å². The van der Waals surface area contributed by atoms with Crippen LogP contribution in [0.1, 0.15) is 26.1 Å². The molecule has 1 aromatic carbocycles. The summed E-state index contributed by atoms with van der Waals surface area (Å²) in [6.07, 6.45) is 1.96. The molecule has 1 N–H and O–H groups in total. The van der Waals surface area contributed by atoms with Crippen molar-refractivity contribution in [3.8, 4) is 0 Å². The van der Waals surface area contributed by atoms with E-state index in [0.717, 1.165) is 45.4 Å². The zero-order chi connectivity index (χ0) is 14.4. The average Bonchev–Trinajstić information content (AvgIpc) is 2.42. The summed E-state index contributed by atoms with van der Waals surface area (Å²) in [7, 11) is 0. The first-order chi connectivity index (χ1) is 9.72. The highest BCUT2D eigenvalue weighted by molar-refractivity contribution is 9.10. The van der Waals surface area contributed by atoms with Crippen molar-refractivity contribution in [1.82, 2.24) is 9.97 Å². The van der Waals surface area contributed by atoms with E-state index in [1.54, 1.807) is 11.8 Å². The Morgan fingerprint density at radius 1 is 1.20 bits per heavy atom. The maximum atomic E-state index is 4.63. The summed E-state index contributed by atoms with van der Waals surface area (Å²) in [4.78, 5) is 10.3. The molecule has 0 radical (unpaired) electrons. The molecule has 0 atom stereocenters. The van der Waals surface area contributed by atoms with E-state index in [4.69, 9.17) is 0 Å². The zero-order valence-corrected chi connectivity index (χ0v) is 14.1. The molecule has 106 valence electrons. The number of rotatable bonds is 6. The average molecular weight is 352 g/mol. The summed E-state index contributed by atoms with van der Waals surface area (Å²) in [5.41, 5.74) is 0. The van der Waals surface area contributed by atoms with Crippen LogP contribution in [0, 0.1) is 0 Å². The molecular formula is C15H18BrN3S. The van der Waals surface area contributed by atoms with Crippen LogP contribution >= 0.6 is 27.7 Å². The van der Waals surface area contributed by atoms with Crippen molar-refractivity contribution in [2.45, 2.75) is 36.6 Å². The molecule has 0 saturated carbocycles. The lowest BCUT2D eigenvalue weighted by Gasteiger charge is -2.09. The molecule has 0 amide bonds. The van der Waals surface area contributed by atoms with Gasteiger partial charge in [-0.25, -0.2) is 9.97 Å². The van der Waals surface area contributed by atoms with Crippen LogP contribution in [0.2, 0.25) is 0 Å². The Hall–Kier alpha value is -1.07. The van der Waals surface area contributed by atoms with Crippen LogP contribution in [0.5, 0.6) is 0 Å². The highest BCUT2D eigenvalue weighted by atomic mass is 79.9. The maximum Gasteiger partial charge on any atom is 0.132 e. The molecule has 0 unspecified atom stereocenters. The number of nitrogens with one attached hydrogen (secondary N) is 1. The van der Waals surface area contributed by atoms with Crippen molar-refractivity contribution >= 4 is 33.5 Å². The largest absolute Gasteiger partial charge is 0.370 e. The fourth-order valence-corrected chi connectivity index (χ4v) is 3.16. The maximum absolute atomic E-state index is 4.63. The van der Waals surface area contributed by atoms with E-state index in [1.165, 1.54) is 0 Å². The first kappa shape index (κ1) is 15.3. The third-order valence-corrected chi connectivity index (χ3v) is 4.58. The first-order valence-electron chi connectivity index (χ1n) is 6.77. The third-order valence-electron chi connectivity index (χ3n) is 2.63. The Morgan fingerprint density at radius 3 is 2.70 bits per heavy atom. The van der Waals surface area contributed by atoms with Crippen LogP contribution in [0.4, 0.5) is 5.82 Å². The number of anilines is 1. The van der Waals surface area contributed by atoms with Gasteiger partial charge in [0.1, 0.15) is 16.7 Å². The van der Waals surface area contributed by atoms with Crippen molar-refractivity contribution in [1.29, 1.82) is 0 Å². The van der Waals surface area contributed by atoms with Crippen molar-refractivity contribution in [3.63, 3.8) is 0 Å². The van der Waals surface area contributed by atoms with Crippen LogP contribution in [-0.2, 0) is 6.42 Å². The number of hydrogen-bond donors (Lipinski definition) is 1. The summed E-state index contributed by atoms with van der Waals surface area (Å²) >= 11 is 5.23. The minimum Gasteiger partial charge on any atom is -0.370 e. The molecule has 5 heteroatoms. The molecule has 0 fully saturated rings. The summed E-state index contributed by atoms with van der Waals surface area (Å²) in [6.45, 7) is 5.08. The SMILES string of the molecule is CCCc1nc(NCC)cc(Sc2ccccc2Br)n1. The third kappa shape index (κ3) is 4.21. The smallest absolute Gasteiger partial charge is 0.132 e. The van der Waals surface area contributed by atoms with Gasteiger partial charge in [0, 0.05) is 28.4 Å². The molecule has 0 saturated heterocycles. The van der Waals surface area contributed by atoms with E-state index in [-0.39, 0.29) is 0 Å². The van der Waals surface area contributed by atoms with Crippen molar-refractivity contribution in [2.75, 3.05) is 11.9 Å². The Balaban J connectivity index is 2.28. The standard InChI is InChI=1S/C15H18BrN3S/c1-3-7-13-18-14(17-4-2)10-15(19-13)20-12-9-6-5-8-11(12)16/h5-6,8-10H,3-4,7H2,1-2H3,(H,17,18,19). The van der Waals surface area contributed by atoms with E-state index < -0.39 is 0 Å². The van der Waals surface area contributed by atoms with Gasteiger partial charge >= 0.3 is 0 Å². The lowest BCUT2D eigenvalue weighted by molar-refractivity contribution is 0.810. The Morgan fingerprint density at radius 2 is 2.00 bits per heavy atom. The number of aromatic nitrogens is 2. The van der Waals surface area contributed by atoms with Gasteiger partial charge in [0.05, 0.1) is 0 Å². The highest BCUT2D eigenvalue weighted by Gasteiger charge is 2.07. The van der Waals surface area contributed by atoms with Gasteiger partial charge in [-0.05, 0) is 41.4 Å². The van der Waals surface area contributed by atoms with Crippen LogP contribution in [-0.4, -0.2) is 16.5 Å². The van der Waals surface area contributed by atoms with E-state index >= 15 is 0 Å². The van der Waals surface area contributed by atoms with Gasteiger partial charge in [-0.3, -0.25) is 0 Å². The molecular weight excluding hydrogens is 334 g/mol. The summed E-state index contributed by atoms with van der Waals surface area (Å²) in [5, 5.41) is 4.25. The Bertz CT molecular complexity index is 551. The molecule has 0 spiro atoms.